The molecule has 2 rings (SSSR count). The van der Waals surface area contributed by atoms with Gasteiger partial charge in [0.25, 0.3) is 0 Å². The second-order valence-corrected chi connectivity index (χ2v) is 3.77. The number of anilines is 2. The van der Waals surface area contributed by atoms with Gasteiger partial charge in [0.15, 0.2) is 0 Å². The molecule has 0 aliphatic carbocycles. The van der Waals surface area contributed by atoms with Gasteiger partial charge in [-0.05, 0) is 12.1 Å². The number of rotatable bonds is 3. The molecule has 2 heterocycles. The van der Waals surface area contributed by atoms with Gasteiger partial charge in [-0.3, -0.25) is 9.48 Å². The van der Waals surface area contributed by atoms with Crippen molar-refractivity contribution >= 4 is 28.9 Å². The van der Waals surface area contributed by atoms with Crippen LogP contribution in [0, 0.1) is 0 Å². The lowest BCUT2D eigenvalue weighted by Gasteiger charge is -2.05. The molecule has 17 heavy (non-hydrogen) atoms. The summed E-state index contributed by atoms with van der Waals surface area (Å²) in [5, 5.41) is 6.91. The number of amides is 1. The van der Waals surface area contributed by atoms with Crippen LogP contribution in [0.3, 0.4) is 0 Å². The quantitative estimate of drug-likeness (QED) is 0.802. The molecule has 88 valence electrons. The van der Waals surface area contributed by atoms with Crippen LogP contribution in [-0.2, 0) is 11.3 Å². The van der Waals surface area contributed by atoms with Crippen molar-refractivity contribution in [2.75, 3.05) is 11.1 Å². The standard InChI is InChI=1S/C10H10ClN5O/c11-9-3-8(1-2-13-9)15-10(17)6-16-5-7(12)4-14-16/h1-5H,6,12H2,(H,13,15,17). The number of nitrogens with two attached hydrogens (primary N) is 1. The van der Waals surface area contributed by atoms with E-state index in [4.69, 9.17) is 17.3 Å². The van der Waals surface area contributed by atoms with Crippen molar-refractivity contribution < 1.29 is 4.79 Å². The van der Waals surface area contributed by atoms with Gasteiger partial charge in [0.1, 0.15) is 11.7 Å². The highest BCUT2D eigenvalue weighted by Crippen LogP contribution is 2.11. The van der Waals surface area contributed by atoms with E-state index in [0.29, 0.717) is 16.5 Å². The molecule has 7 heteroatoms. The van der Waals surface area contributed by atoms with Crippen molar-refractivity contribution in [3.05, 3.63) is 35.9 Å². The summed E-state index contributed by atoms with van der Waals surface area (Å²) < 4.78 is 1.45. The smallest absolute Gasteiger partial charge is 0.246 e. The van der Waals surface area contributed by atoms with Crippen LogP contribution in [-0.4, -0.2) is 20.7 Å². The molecule has 0 saturated heterocycles. The van der Waals surface area contributed by atoms with Gasteiger partial charge in [0.2, 0.25) is 5.91 Å². The van der Waals surface area contributed by atoms with E-state index in [1.165, 1.54) is 17.1 Å². The minimum absolute atomic E-state index is 0.0944. The van der Waals surface area contributed by atoms with Gasteiger partial charge in [0.05, 0.1) is 11.9 Å². The molecule has 6 nitrogen and oxygen atoms in total. The summed E-state index contributed by atoms with van der Waals surface area (Å²) in [6.45, 7) is 0.0944. The van der Waals surface area contributed by atoms with Crippen LogP contribution in [0.4, 0.5) is 11.4 Å². The van der Waals surface area contributed by atoms with E-state index in [-0.39, 0.29) is 12.5 Å². The molecule has 0 bridgehead atoms. The summed E-state index contributed by atoms with van der Waals surface area (Å²) >= 11 is 5.70. The number of nitrogens with zero attached hydrogens (tertiary/aromatic N) is 3. The third-order valence-corrected chi connectivity index (χ3v) is 2.18. The third kappa shape index (κ3) is 3.18. The number of pyridine rings is 1. The number of carbonyl (C=O) groups excluding carboxylic acids is 1. The summed E-state index contributed by atoms with van der Waals surface area (Å²) in [5.41, 5.74) is 6.60. The molecule has 2 aromatic rings. The third-order valence-electron chi connectivity index (χ3n) is 1.97. The highest BCUT2D eigenvalue weighted by atomic mass is 35.5. The maximum Gasteiger partial charge on any atom is 0.246 e. The van der Waals surface area contributed by atoms with E-state index >= 15 is 0 Å². The van der Waals surface area contributed by atoms with Crippen molar-refractivity contribution in [3.63, 3.8) is 0 Å². The average molecular weight is 252 g/mol. The summed E-state index contributed by atoms with van der Waals surface area (Å²) in [6, 6.07) is 3.22. The Morgan fingerprint density at radius 1 is 1.59 bits per heavy atom. The number of hydrogen-bond acceptors (Lipinski definition) is 4. The highest BCUT2D eigenvalue weighted by molar-refractivity contribution is 6.29. The van der Waals surface area contributed by atoms with Crippen molar-refractivity contribution in [2.24, 2.45) is 0 Å². The van der Waals surface area contributed by atoms with Crippen LogP contribution in [0.1, 0.15) is 0 Å². The Morgan fingerprint density at radius 2 is 2.41 bits per heavy atom. The number of nitrogen functional groups attached to an aromatic ring is 1. The van der Waals surface area contributed by atoms with Crippen LogP contribution in [0.15, 0.2) is 30.7 Å². The molecular formula is C10H10ClN5O. The predicted octanol–water partition coefficient (Wildman–Crippen LogP) is 1.15. The molecule has 0 atom stereocenters. The molecule has 1 amide bonds. The van der Waals surface area contributed by atoms with E-state index in [1.54, 1.807) is 18.3 Å². The molecule has 0 radical (unpaired) electrons. The zero-order chi connectivity index (χ0) is 12.3. The Morgan fingerprint density at radius 3 is 3.06 bits per heavy atom. The number of carbonyl (C=O) groups is 1. The van der Waals surface area contributed by atoms with Crippen molar-refractivity contribution in [3.8, 4) is 0 Å². The molecule has 0 aromatic carbocycles. The first-order chi connectivity index (χ1) is 8.13. The summed E-state index contributed by atoms with van der Waals surface area (Å²) in [7, 11) is 0. The number of hydrogen-bond donors (Lipinski definition) is 2. The first kappa shape index (κ1) is 11.4. The van der Waals surface area contributed by atoms with Gasteiger partial charge >= 0.3 is 0 Å². The number of halogens is 1. The monoisotopic (exact) mass is 251 g/mol. The molecule has 0 spiro atoms. The van der Waals surface area contributed by atoms with Crippen molar-refractivity contribution in [2.45, 2.75) is 6.54 Å². The van der Waals surface area contributed by atoms with Crippen LogP contribution in [0.25, 0.3) is 0 Å². The Bertz CT molecular complexity index is 539. The topological polar surface area (TPSA) is 85.8 Å². The Labute approximate surface area is 102 Å². The molecule has 0 fully saturated rings. The molecule has 0 aliphatic rings. The second-order valence-electron chi connectivity index (χ2n) is 3.39. The lowest BCUT2D eigenvalue weighted by molar-refractivity contribution is -0.116. The fourth-order valence-corrected chi connectivity index (χ4v) is 1.47. The maximum atomic E-state index is 11.6. The van der Waals surface area contributed by atoms with Crippen LogP contribution >= 0.6 is 11.6 Å². The van der Waals surface area contributed by atoms with Gasteiger partial charge < -0.3 is 11.1 Å². The van der Waals surface area contributed by atoms with Crippen LogP contribution in [0.5, 0.6) is 0 Å². The Balaban J connectivity index is 1.98. The number of nitrogens with one attached hydrogen (secondary N) is 1. The summed E-state index contributed by atoms with van der Waals surface area (Å²) in [4.78, 5) is 15.4. The van der Waals surface area contributed by atoms with E-state index in [2.05, 4.69) is 15.4 Å². The normalized spacial score (nSPS) is 10.2. The molecule has 0 unspecified atom stereocenters. The average Bonchev–Trinajstić information content (AvgIpc) is 2.63. The highest BCUT2D eigenvalue weighted by Gasteiger charge is 2.05. The molecule has 0 saturated carbocycles. The zero-order valence-corrected chi connectivity index (χ0v) is 9.55. The van der Waals surface area contributed by atoms with Crippen molar-refractivity contribution in [1.82, 2.24) is 14.8 Å². The molecular weight excluding hydrogens is 242 g/mol. The van der Waals surface area contributed by atoms with Crippen molar-refractivity contribution in [1.29, 1.82) is 0 Å². The van der Waals surface area contributed by atoms with E-state index < -0.39 is 0 Å². The van der Waals surface area contributed by atoms with Gasteiger partial charge in [0, 0.05) is 18.1 Å². The lowest BCUT2D eigenvalue weighted by atomic mass is 10.4. The predicted molar refractivity (Wildman–Crippen MR) is 64.5 cm³/mol. The first-order valence-electron chi connectivity index (χ1n) is 4.83. The minimum atomic E-state index is -0.213. The molecule has 2 aromatic heterocycles. The van der Waals surface area contributed by atoms with Gasteiger partial charge in [-0.25, -0.2) is 4.98 Å². The van der Waals surface area contributed by atoms with Crippen LogP contribution < -0.4 is 11.1 Å². The zero-order valence-electron chi connectivity index (χ0n) is 8.80. The Hall–Kier alpha value is -2.08. The molecule has 3 N–H and O–H groups in total. The van der Waals surface area contributed by atoms with Gasteiger partial charge in [-0.1, -0.05) is 11.6 Å². The van der Waals surface area contributed by atoms with Crippen LogP contribution in [0.2, 0.25) is 5.15 Å². The summed E-state index contributed by atoms with van der Waals surface area (Å²) in [5.74, 6) is -0.213. The summed E-state index contributed by atoms with van der Waals surface area (Å²) in [6.07, 6.45) is 4.58. The maximum absolute atomic E-state index is 11.6. The largest absolute Gasteiger partial charge is 0.396 e. The van der Waals surface area contributed by atoms with E-state index in [0.717, 1.165) is 0 Å². The lowest BCUT2D eigenvalue weighted by Crippen LogP contribution is -2.19. The number of aromatic nitrogens is 3. The second kappa shape index (κ2) is 4.84. The Kier molecular flexibility index (Phi) is 3.24. The van der Waals surface area contributed by atoms with E-state index in [1.807, 2.05) is 0 Å². The SMILES string of the molecule is Nc1cnn(CC(=O)Nc2ccnc(Cl)c2)c1. The fourth-order valence-electron chi connectivity index (χ4n) is 1.29. The molecule has 0 aliphatic heterocycles. The fraction of sp³-hybridized carbons (Fsp3) is 0.100. The van der Waals surface area contributed by atoms with Gasteiger partial charge in [-0.15, -0.1) is 0 Å². The van der Waals surface area contributed by atoms with E-state index in [9.17, 15) is 4.79 Å². The van der Waals surface area contributed by atoms with Gasteiger partial charge in [-0.2, -0.15) is 5.10 Å². The minimum Gasteiger partial charge on any atom is -0.396 e. The first-order valence-corrected chi connectivity index (χ1v) is 5.20.